The van der Waals surface area contributed by atoms with E-state index in [1.165, 1.54) is 18.2 Å². The van der Waals surface area contributed by atoms with Gasteiger partial charge in [-0.25, -0.2) is 4.39 Å². The van der Waals surface area contributed by atoms with Gasteiger partial charge in [-0.3, -0.25) is 10.1 Å². The predicted octanol–water partition coefficient (Wildman–Crippen LogP) is 5.90. The number of aryl methyl sites for hydroxylation is 2. The summed E-state index contributed by atoms with van der Waals surface area (Å²) in [7, 11) is 1.55. The molecule has 0 aliphatic heterocycles. The average molecular weight is 458 g/mol. The standard InChI is InChI=1S/C26H26F4N2O/c1-17-16-20(11-14-22(17)27)23(15-10-18-8-12-21(13-9-18)26(28,29)30)32-24(25(33)31-2)19-6-4-3-5-7-19/h3-9,11-14,16,23-24,32H,10,15H2,1-2H3,(H,31,33)/t23-,24?/m0/s1. The van der Waals surface area contributed by atoms with E-state index in [9.17, 15) is 22.4 Å². The fourth-order valence-corrected chi connectivity index (χ4v) is 3.72. The topological polar surface area (TPSA) is 41.1 Å². The van der Waals surface area contributed by atoms with Crippen molar-refractivity contribution in [2.24, 2.45) is 0 Å². The van der Waals surface area contributed by atoms with E-state index in [0.29, 0.717) is 18.4 Å². The van der Waals surface area contributed by atoms with E-state index in [-0.39, 0.29) is 17.8 Å². The summed E-state index contributed by atoms with van der Waals surface area (Å²) in [5.74, 6) is -0.550. The highest BCUT2D eigenvalue weighted by Crippen LogP contribution is 2.30. The molecule has 0 spiro atoms. The van der Waals surface area contributed by atoms with Crippen molar-refractivity contribution in [2.75, 3.05) is 7.05 Å². The Kier molecular flexibility index (Phi) is 7.87. The first-order valence-electron chi connectivity index (χ1n) is 10.6. The molecule has 2 N–H and O–H groups in total. The van der Waals surface area contributed by atoms with Gasteiger partial charge in [0.1, 0.15) is 11.9 Å². The highest BCUT2D eigenvalue weighted by Gasteiger charge is 2.30. The van der Waals surface area contributed by atoms with Crippen molar-refractivity contribution < 1.29 is 22.4 Å². The minimum Gasteiger partial charge on any atom is -0.358 e. The molecular weight excluding hydrogens is 432 g/mol. The second-order valence-electron chi connectivity index (χ2n) is 7.92. The summed E-state index contributed by atoms with van der Waals surface area (Å²) in [6.07, 6.45) is -3.41. The van der Waals surface area contributed by atoms with Crippen LogP contribution in [0.1, 0.15) is 46.3 Å². The smallest absolute Gasteiger partial charge is 0.358 e. The third kappa shape index (κ3) is 6.42. The van der Waals surface area contributed by atoms with Crippen LogP contribution in [0.15, 0.2) is 72.8 Å². The number of likely N-dealkylation sites (N-methyl/N-ethyl adjacent to an activating group) is 1. The van der Waals surface area contributed by atoms with Crippen molar-refractivity contribution in [1.82, 2.24) is 10.6 Å². The van der Waals surface area contributed by atoms with Crippen molar-refractivity contribution in [3.63, 3.8) is 0 Å². The third-order valence-corrected chi connectivity index (χ3v) is 5.60. The van der Waals surface area contributed by atoms with Crippen LogP contribution in [0, 0.1) is 12.7 Å². The molecule has 3 nitrogen and oxygen atoms in total. The number of alkyl halides is 3. The van der Waals surface area contributed by atoms with Gasteiger partial charge in [0, 0.05) is 13.1 Å². The minimum atomic E-state index is -4.38. The summed E-state index contributed by atoms with van der Waals surface area (Å²) in [5, 5.41) is 6.04. The monoisotopic (exact) mass is 458 g/mol. The predicted molar refractivity (Wildman–Crippen MR) is 120 cm³/mol. The maximum Gasteiger partial charge on any atom is 0.416 e. The molecule has 0 saturated carbocycles. The van der Waals surface area contributed by atoms with Crippen molar-refractivity contribution in [3.05, 3.63) is 106 Å². The molecule has 0 aliphatic rings. The van der Waals surface area contributed by atoms with E-state index in [2.05, 4.69) is 10.6 Å². The second-order valence-corrected chi connectivity index (χ2v) is 7.92. The van der Waals surface area contributed by atoms with Gasteiger partial charge < -0.3 is 5.32 Å². The molecule has 33 heavy (non-hydrogen) atoms. The highest BCUT2D eigenvalue weighted by molar-refractivity contribution is 5.83. The number of amides is 1. The number of carbonyl (C=O) groups excluding carboxylic acids is 1. The molecular formula is C26H26F4N2O. The zero-order valence-electron chi connectivity index (χ0n) is 18.4. The molecule has 3 aromatic rings. The zero-order chi connectivity index (χ0) is 24.0. The lowest BCUT2D eigenvalue weighted by Gasteiger charge is -2.26. The Balaban J connectivity index is 1.87. The molecule has 0 radical (unpaired) electrons. The number of halogens is 4. The van der Waals surface area contributed by atoms with Gasteiger partial charge in [-0.1, -0.05) is 54.6 Å². The summed E-state index contributed by atoms with van der Waals surface area (Å²) in [5.41, 5.74) is 2.09. The van der Waals surface area contributed by atoms with Gasteiger partial charge in [-0.15, -0.1) is 0 Å². The quantitative estimate of drug-likeness (QED) is 0.413. The van der Waals surface area contributed by atoms with Crippen molar-refractivity contribution in [2.45, 2.75) is 38.0 Å². The van der Waals surface area contributed by atoms with Crippen LogP contribution in [0.2, 0.25) is 0 Å². The Morgan fingerprint density at radius 3 is 2.18 bits per heavy atom. The normalized spacial score (nSPS) is 13.4. The summed E-state index contributed by atoms with van der Waals surface area (Å²) in [4.78, 5) is 12.7. The Labute approximate surface area is 190 Å². The Hall–Kier alpha value is -3.19. The van der Waals surface area contributed by atoms with Crippen LogP contribution < -0.4 is 10.6 Å². The van der Waals surface area contributed by atoms with E-state index >= 15 is 0 Å². The molecule has 0 bridgehead atoms. The number of benzene rings is 3. The Morgan fingerprint density at radius 2 is 1.61 bits per heavy atom. The highest BCUT2D eigenvalue weighted by atomic mass is 19.4. The van der Waals surface area contributed by atoms with Gasteiger partial charge in [0.25, 0.3) is 0 Å². The van der Waals surface area contributed by atoms with Gasteiger partial charge in [0.15, 0.2) is 0 Å². The fraction of sp³-hybridized carbons (Fsp3) is 0.269. The van der Waals surface area contributed by atoms with Gasteiger partial charge in [-0.2, -0.15) is 13.2 Å². The molecule has 7 heteroatoms. The van der Waals surface area contributed by atoms with Crippen molar-refractivity contribution >= 4 is 5.91 Å². The van der Waals surface area contributed by atoms with Gasteiger partial charge >= 0.3 is 6.18 Å². The summed E-state index contributed by atoms with van der Waals surface area (Å²) in [6.45, 7) is 1.67. The maximum atomic E-state index is 13.9. The molecule has 0 aromatic heterocycles. The summed E-state index contributed by atoms with van der Waals surface area (Å²) >= 11 is 0. The first kappa shape index (κ1) is 24.5. The van der Waals surface area contributed by atoms with Crippen molar-refractivity contribution in [1.29, 1.82) is 0 Å². The first-order chi connectivity index (χ1) is 15.7. The van der Waals surface area contributed by atoms with Gasteiger partial charge in [-0.05, 0) is 60.2 Å². The Bertz CT molecular complexity index is 1070. The number of hydrogen-bond donors (Lipinski definition) is 2. The molecule has 3 aromatic carbocycles. The lowest BCUT2D eigenvalue weighted by Crippen LogP contribution is -2.38. The first-order valence-corrected chi connectivity index (χ1v) is 10.6. The largest absolute Gasteiger partial charge is 0.416 e. The lowest BCUT2D eigenvalue weighted by atomic mass is 9.95. The number of carbonyl (C=O) groups is 1. The van der Waals surface area contributed by atoms with E-state index in [1.807, 2.05) is 30.3 Å². The Morgan fingerprint density at radius 1 is 0.939 bits per heavy atom. The van der Waals surface area contributed by atoms with E-state index in [1.54, 1.807) is 26.1 Å². The number of nitrogens with one attached hydrogen (secondary N) is 2. The zero-order valence-corrected chi connectivity index (χ0v) is 18.4. The van der Waals surface area contributed by atoms with Crippen LogP contribution >= 0.6 is 0 Å². The summed E-state index contributed by atoms with van der Waals surface area (Å²) < 4.78 is 52.5. The van der Waals surface area contributed by atoms with Gasteiger partial charge in [0.05, 0.1) is 5.56 Å². The molecule has 1 amide bonds. The van der Waals surface area contributed by atoms with Crippen LogP contribution in [-0.2, 0) is 17.4 Å². The molecule has 1 unspecified atom stereocenters. The van der Waals surface area contributed by atoms with E-state index < -0.39 is 17.8 Å². The molecule has 3 rings (SSSR count). The summed E-state index contributed by atoms with van der Waals surface area (Å²) in [6, 6.07) is 18.1. The van der Waals surface area contributed by atoms with Crippen molar-refractivity contribution in [3.8, 4) is 0 Å². The molecule has 0 heterocycles. The third-order valence-electron chi connectivity index (χ3n) is 5.60. The molecule has 174 valence electrons. The molecule has 2 atom stereocenters. The van der Waals surface area contributed by atoms with E-state index in [4.69, 9.17) is 0 Å². The maximum absolute atomic E-state index is 13.9. The average Bonchev–Trinajstić information content (AvgIpc) is 2.81. The molecule has 0 aliphatic carbocycles. The molecule has 0 fully saturated rings. The van der Waals surface area contributed by atoms with Crippen LogP contribution in [-0.4, -0.2) is 13.0 Å². The molecule has 0 saturated heterocycles. The van der Waals surface area contributed by atoms with Gasteiger partial charge in [0.2, 0.25) is 5.91 Å². The van der Waals surface area contributed by atoms with Crippen LogP contribution in [0.4, 0.5) is 17.6 Å². The minimum absolute atomic E-state index is 0.223. The van der Waals surface area contributed by atoms with E-state index in [0.717, 1.165) is 28.8 Å². The van der Waals surface area contributed by atoms with Crippen LogP contribution in [0.3, 0.4) is 0 Å². The second kappa shape index (κ2) is 10.6. The number of hydrogen-bond acceptors (Lipinski definition) is 2. The van der Waals surface area contributed by atoms with Crippen LogP contribution in [0.25, 0.3) is 0 Å². The SMILES string of the molecule is CNC(=O)C(N[C@@H](CCc1ccc(C(F)(F)F)cc1)c1ccc(F)c(C)c1)c1ccccc1. The van der Waals surface area contributed by atoms with Crippen LogP contribution in [0.5, 0.6) is 0 Å². The lowest BCUT2D eigenvalue weighted by molar-refractivity contribution is -0.137. The number of rotatable bonds is 8. The fourth-order valence-electron chi connectivity index (χ4n) is 3.72.